The normalized spacial score (nSPS) is 10.5. The lowest BCUT2D eigenvalue weighted by atomic mass is 10.2. The molecule has 0 saturated heterocycles. The van der Waals surface area contributed by atoms with Crippen molar-refractivity contribution in [1.82, 2.24) is 5.43 Å². The van der Waals surface area contributed by atoms with Crippen molar-refractivity contribution in [3.05, 3.63) is 68.7 Å². The minimum atomic E-state index is -1.02. The van der Waals surface area contributed by atoms with Gasteiger partial charge in [0.2, 0.25) is 0 Å². The highest BCUT2D eigenvalue weighted by atomic mass is 35.5. The van der Waals surface area contributed by atoms with Crippen molar-refractivity contribution in [2.24, 2.45) is 5.10 Å². The van der Waals surface area contributed by atoms with Crippen LogP contribution >= 0.6 is 11.6 Å². The van der Waals surface area contributed by atoms with E-state index >= 15 is 0 Å². The maximum absolute atomic E-state index is 11.8. The molecule has 2 aromatic carbocycles. The first-order valence-electron chi connectivity index (χ1n) is 7.03. The molecule has 2 rings (SSSR count). The van der Waals surface area contributed by atoms with E-state index in [4.69, 9.17) is 11.6 Å². The fourth-order valence-electron chi connectivity index (χ4n) is 1.90. The zero-order chi connectivity index (χ0) is 18.4. The van der Waals surface area contributed by atoms with Crippen LogP contribution in [0.25, 0.3) is 0 Å². The molecule has 25 heavy (non-hydrogen) atoms. The standard InChI is InChI=1S/C16H13ClN4O4/c1-10-12(17)6-4-7-13(10)19-15(22)16(23)20-18-9-11-5-2-3-8-14(11)21(24)25/h2-9H,1H3,(H,19,22)(H,20,23)/b18-9+. The molecular weight excluding hydrogens is 348 g/mol. The van der Waals surface area contributed by atoms with Crippen molar-refractivity contribution >= 4 is 41.0 Å². The number of carbonyl (C=O) groups excluding carboxylic acids is 2. The van der Waals surface area contributed by atoms with Gasteiger partial charge in [-0.05, 0) is 30.7 Å². The van der Waals surface area contributed by atoms with Crippen molar-refractivity contribution < 1.29 is 14.5 Å². The van der Waals surface area contributed by atoms with Crippen LogP contribution in [0.3, 0.4) is 0 Å². The highest BCUT2D eigenvalue weighted by Crippen LogP contribution is 2.22. The third-order valence-electron chi connectivity index (χ3n) is 3.23. The molecular formula is C16H13ClN4O4. The van der Waals surface area contributed by atoms with Crippen LogP contribution in [0.2, 0.25) is 5.02 Å². The number of halogens is 1. The van der Waals surface area contributed by atoms with Gasteiger partial charge in [-0.15, -0.1) is 0 Å². The minimum absolute atomic E-state index is 0.167. The van der Waals surface area contributed by atoms with Crippen molar-refractivity contribution in [2.75, 3.05) is 5.32 Å². The summed E-state index contributed by atoms with van der Waals surface area (Å²) >= 11 is 5.94. The number of rotatable bonds is 4. The van der Waals surface area contributed by atoms with Gasteiger partial charge in [0.1, 0.15) is 0 Å². The SMILES string of the molecule is Cc1c(Cl)cccc1NC(=O)C(=O)N/N=C/c1ccccc1[N+](=O)[O-]. The monoisotopic (exact) mass is 360 g/mol. The summed E-state index contributed by atoms with van der Waals surface area (Å²) in [6, 6.07) is 10.8. The fraction of sp³-hybridized carbons (Fsp3) is 0.0625. The second kappa shape index (κ2) is 8.02. The molecule has 0 spiro atoms. The van der Waals surface area contributed by atoms with E-state index in [9.17, 15) is 19.7 Å². The summed E-state index contributed by atoms with van der Waals surface area (Å²) in [6.07, 6.45) is 1.09. The van der Waals surface area contributed by atoms with E-state index in [-0.39, 0.29) is 11.3 Å². The number of nitrogens with one attached hydrogen (secondary N) is 2. The van der Waals surface area contributed by atoms with Gasteiger partial charge >= 0.3 is 11.8 Å². The quantitative estimate of drug-likeness (QED) is 0.377. The topological polar surface area (TPSA) is 114 Å². The van der Waals surface area contributed by atoms with Crippen LogP contribution in [-0.4, -0.2) is 23.0 Å². The Morgan fingerprint density at radius 1 is 1.16 bits per heavy atom. The molecule has 0 unspecified atom stereocenters. The van der Waals surface area contributed by atoms with Crippen molar-refractivity contribution in [3.8, 4) is 0 Å². The Hall–Kier alpha value is -3.26. The van der Waals surface area contributed by atoms with Crippen LogP contribution in [0.1, 0.15) is 11.1 Å². The zero-order valence-electron chi connectivity index (χ0n) is 13.0. The van der Waals surface area contributed by atoms with Crippen LogP contribution in [-0.2, 0) is 9.59 Å². The second-order valence-electron chi connectivity index (χ2n) is 4.88. The largest absolute Gasteiger partial charge is 0.329 e. The van der Waals surface area contributed by atoms with Crippen LogP contribution in [0.4, 0.5) is 11.4 Å². The second-order valence-corrected chi connectivity index (χ2v) is 5.29. The Labute approximate surface area is 147 Å². The molecule has 2 aromatic rings. The first-order valence-corrected chi connectivity index (χ1v) is 7.41. The number of para-hydroxylation sites is 1. The lowest BCUT2D eigenvalue weighted by molar-refractivity contribution is -0.385. The zero-order valence-corrected chi connectivity index (χ0v) is 13.8. The van der Waals surface area contributed by atoms with Gasteiger partial charge in [-0.25, -0.2) is 5.43 Å². The van der Waals surface area contributed by atoms with E-state index in [1.54, 1.807) is 31.2 Å². The van der Waals surface area contributed by atoms with Crippen LogP contribution in [0.15, 0.2) is 47.6 Å². The smallest absolute Gasteiger partial charge is 0.317 e. The van der Waals surface area contributed by atoms with E-state index in [2.05, 4.69) is 10.4 Å². The number of nitro benzene ring substituents is 1. The predicted octanol–water partition coefficient (Wildman–Crippen LogP) is 2.65. The number of nitro groups is 1. The van der Waals surface area contributed by atoms with Gasteiger partial charge in [-0.3, -0.25) is 19.7 Å². The number of benzene rings is 2. The molecule has 0 fully saturated rings. The molecule has 0 saturated carbocycles. The minimum Gasteiger partial charge on any atom is -0.317 e. The molecule has 0 aliphatic heterocycles. The molecule has 2 N–H and O–H groups in total. The number of hydrazone groups is 1. The first-order chi connectivity index (χ1) is 11.9. The highest BCUT2D eigenvalue weighted by molar-refractivity contribution is 6.40. The molecule has 9 heteroatoms. The molecule has 0 aromatic heterocycles. The van der Waals surface area contributed by atoms with Gasteiger partial charge in [-0.2, -0.15) is 5.10 Å². The molecule has 0 bridgehead atoms. The summed E-state index contributed by atoms with van der Waals surface area (Å²) < 4.78 is 0. The number of hydrogen-bond donors (Lipinski definition) is 2. The molecule has 0 radical (unpaired) electrons. The van der Waals surface area contributed by atoms with Crippen LogP contribution < -0.4 is 10.7 Å². The van der Waals surface area contributed by atoms with Crippen LogP contribution in [0, 0.1) is 17.0 Å². The Morgan fingerprint density at radius 2 is 1.88 bits per heavy atom. The Morgan fingerprint density at radius 3 is 2.60 bits per heavy atom. The van der Waals surface area contributed by atoms with E-state index in [1.165, 1.54) is 18.2 Å². The van der Waals surface area contributed by atoms with Gasteiger partial charge in [0, 0.05) is 16.8 Å². The summed E-state index contributed by atoms with van der Waals surface area (Å²) in [7, 11) is 0. The highest BCUT2D eigenvalue weighted by Gasteiger charge is 2.15. The maximum Gasteiger partial charge on any atom is 0.329 e. The lowest BCUT2D eigenvalue weighted by Gasteiger charge is -2.08. The van der Waals surface area contributed by atoms with E-state index in [0.717, 1.165) is 6.21 Å². The molecule has 8 nitrogen and oxygen atoms in total. The van der Waals surface area contributed by atoms with Gasteiger partial charge in [0.05, 0.1) is 16.7 Å². The van der Waals surface area contributed by atoms with Crippen molar-refractivity contribution in [1.29, 1.82) is 0 Å². The number of carbonyl (C=O) groups is 2. The van der Waals surface area contributed by atoms with E-state index in [1.807, 2.05) is 5.43 Å². The summed E-state index contributed by atoms with van der Waals surface area (Å²) in [5.74, 6) is -1.96. The van der Waals surface area contributed by atoms with Crippen molar-refractivity contribution in [2.45, 2.75) is 6.92 Å². The third kappa shape index (κ3) is 4.61. The summed E-state index contributed by atoms with van der Waals surface area (Å²) in [6.45, 7) is 1.70. The number of nitrogens with zero attached hydrogens (tertiary/aromatic N) is 2. The molecule has 0 atom stereocenters. The van der Waals surface area contributed by atoms with Crippen LogP contribution in [0.5, 0.6) is 0 Å². The Balaban J connectivity index is 2.01. The van der Waals surface area contributed by atoms with Gasteiger partial charge in [-0.1, -0.05) is 29.8 Å². The maximum atomic E-state index is 11.8. The molecule has 0 aliphatic rings. The fourth-order valence-corrected chi connectivity index (χ4v) is 2.07. The Kier molecular flexibility index (Phi) is 5.80. The van der Waals surface area contributed by atoms with Gasteiger partial charge in [0.25, 0.3) is 5.69 Å². The average molecular weight is 361 g/mol. The summed E-state index contributed by atoms with van der Waals surface area (Å²) in [5.41, 5.74) is 3.06. The first kappa shape index (κ1) is 18.1. The third-order valence-corrected chi connectivity index (χ3v) is 3.63. The molecule has 0 aliphatic carbocycles. The summed E-state index contributed by atoms with van der Waals surface area (Å²) in [5, 5.41) is 17.3. The molecule has 0 heterocycles. The summed E-state index contributed by atoms with van der Waals surface area (Å²) in [4.78, 5) is 33.9. The average Bonchev–Trinajstić information content (AvgIpc) is 2.59. The Bertz CT molecular complexity index is 867. The van der Waals surface area contributed by atoms with E-state index in [0.29, 0.717) is 16.3 Å². The van der Waals surface area contributed by atoms with Crippen molar-refractivity contribution in [3.63, 3.8) is 0 Å². The lowest BCUT2D eigenvalue weighted by Crippen LogP contribution is -2.32. The van der Waals surface area contributed by atoms with E-state index < -0.39 is 16.7 Å². The number of amides is 2. The van der Waals surface area contributed by atoms with Gasteiger partial charge < -0.3 is 5.32 Å². The number of hydrogen-bond acceptors (Lipinski definition) is 5. The van der Waals surface area contributed by atoms with Gasteiger partial charge in [0.15, 0.2) is 0 Å². The molecule has 2 amide bonds. The predicted molar refractivity (Wildman–Crippen MR) is 93.7 cm³/mol. The molecule has 128 valence electrons. The number of anilines is 1.